The van der Waals surface area contributed by atoms with Crippen molar-refractivity contribution < 1.29 is 9.53 Å². The van der Waals surface area contributed by atoms with E-state index in [9.17, 15) is 4.79 Å². The van der Waals surface area contributed by atoms with E-state index in [1.54, 1.807) is 11.0 Å². The second-order valence-electron chi connectivity index (χ2n) is 5.98. The average molecular weight is 460 g/mol. The predicted octanol–water partition coefficient (Wildman–Crippen LogP) is 5.72. The Morgan fingerprint density at radius 1 is 1.30 bits per heavy atom. The van der Waals surface area contributed by atoms with E-state index in [1.165, 1.54) is 17.3 Å². The zero-order valence-corrected chi connectivity index (χ0v) is 18.0. The molecule has 0 N–H and O–H groups in total. The summed E-state index contributed by atoms with van der Waals surface area (Å²) in [5, 5.41) is 0. The summed E-state index contributed by atoms with van der Waals surface area (Å²) in [6.45, 7) is 6.62. The van der Waals surface area contributed by atoms with Crippen LogP contribution in [0.2, 0.25) is 0 Å². The third-order valence-corrected chi connectivity index (χ3v) is 5.96. The molecule has 3 rings (SSSR count). The summed E-state index contributed by atoms with van der Waals surface area (Å²) in [6, 6.07) is 13.9. The van der Waals surface area contributed by atoms with Gasteiger partial charge in [-0.25, -0.2) is 0 Å². The number of carbonyl (C=O) groups is 1. The number of benzene rings is 2. The quantitative estimate of drug-likeness (QED) is 0.313. The fraction of sp³-hybridized carbons (Fsp3) is 0.143. The number of hydrogen-bond acceptors (Lipinski definition) is 4. The Morgan fingerprint density at radius 2 is 2.07 bits per heavy atom. The Labute approximate surface area is 177 Å². The number of nitrogens with zero attached hydrogens (tertiary/aromatic N) is 1. The molecule has 0 saturated carbocycles. The van der Waals surface area contributed by atoms with Gasteiger partial charge in [0.25, 0.3) is 5.91 Å². The highest BCUT2D eigenvalue weighted by Gasteiger charge is 2.31. The van der Waals surface area contributed by atoms with Gasteiger partial charge in [0.15, 0.2) is 0 Å². The number of rotatable bonds is 6. The van der Waals surface area contributed by atoms with Crippen molar-refractivity contribution in [3.63, 3.8) is 0 Å². The summed E-state index contributed by atoms with van der Waals surface area (Å²) in [4.78, 5) is 14.7. The van der Waals surface area contributed by atoms with Crippen LogP contribution in [0.15, 0.2) is 64.5 Å². The Kier molecular flexibility index (Phi) is 6.52. The van der Waals surface area contributed by atoms with Crippen molar-refractivity contribution in [2.24, 2.45) is 0 Å². The van der Waals surface area contributed by atoms with Gasteiger partial charge >= 0.3 is 0 Å². The maximum absolute atomic E-state index is 12.6. The zero-order valence-electron chi connectivity index (χ0n) is 14.8. The van der Waals surface area contributed by atoms with Gasteiger partial charge in [-0.3, -0.25) is 9.69 Å². The first-order valence-corrected chi connectivity index (χ1v) is 10.3. The molecule has 1 amide bonds. The number of amides is 1. The summed E-state index contributed by atoms with van der Waals surface area (Å²) in [5.74, 6) is 0.616. The average Bonchev–Trinajstić information content (AvgIpc) is 2.90. The number of halogens is 1. The Balaban J connectivity index is 1.86. The molecule has 2 aromatic rings. The molecule has 0 spiro atoms. The van der Waals surface area contributed by atoms with Crippen LogP contribution < -0.4 is 4.74 Å². The van der Waals surface area contributed by atoms with Crippen LogP contribution in [0, 0.1) is 6.92 Å². The highest BCUT2D eigenvalue weighted by atomic mass is 79.9. The number of thioether (sulfide) groups is 1. The summed E-state index contributed by atoms with van der Waals surface area (Å²) in [5.41, 5.74) is 3.14. The molecule has 0 atom stereocenters. The second kappa shape index (κ2) is 8.87. The highest BCUT2D eigenvalue weighted by Crippen LogP contribution is 2.35. The van der Waals surface area contributed by atoms with Crippen molar-refractivity contribution in [1.29, 1.82) is 0 Å². The van der Waals surface area contributed by atoms with E-state index in [0.717, 1.165) is 21.3 Å². The van der Waals surface area contributed by atoms with Gasteiger partial charge in [0.1, 0.15) is 16.7 Å². The predicted molar refractivity (Wildman–Crippen MR) is 120 cm³/mol. The first-order valence-electron chi connectivity index (χ1n) is 8.32. The van der Waals surface area contributed by atoms with Crippen LogP contribution in [-0.2, 0) is 11.4 Å². The third-order valence-electron chi connectivity index (χ3n) is 4.09. The lowest BCUT2D eigenvalue weighted by atomic mass is 10.1. The molecule has 1 heterocycles. The minimum absolute atomic E-state index is 0.102. The van der Waals surface area contributed by atoms with E-state index in [2.05, 4.69) is 35.5 Å². The van der Waals surface area contributed by atoms with E-state index >= 15 is 0 Å². The fourth-order valence-corrected chi connectivity index (χ4v) is 4.26. The molecule has 0 unspecified atom stereocenters. The van der Waals surface area contributed by atoms with Crippen LogP contribution >= 0.6 is 39.9 Å². The van der Waals surface area contributed by atoms with Crippen molar-refractivity contribution in [2.75, 3.05) is 6.54 Å². The molecule has 1 saturated heterocycles. The summed E-state index contributed by atoms with van der Waals surface area (Å²) < 4.78 is 7.52. The van der Waals surface area contributed by atoms with Gasteiger partial charge < -0.3 is 4.74 Å². The maximum Gasteiger partial charge on any atom is 0.266 e. The SMILES string of the molecule is C=CCN1C(=O)/C(=C\c2cc(Br)ccc2OCc2ccccc2C)SC1=S. The molecule has 0 aliphatic carbocycles. The molecule has 0 radical (unpaired) electrons. The molecule has 1 fully saturated rings. The first kappa shape index (κ1) is 19.9. The molecule has 138 valence electrons. The minimum Gasteiger partial charge on any atom is -0.488 e. The molecular weight excluding hydrogens is 442 g/mol. The molecular formula is C21H18BrNO2S2. The van der Waals surface area contributed by atoms with E-state index in [4.69, 9.17) is 17.0 Å². The Hall–Kier alpha value is -1.89. The van der Waals surface area contributed by atoms with Crippen LogP contribution in [0.1, 0.15) is 16.7 Å². The van der Waals surface area contributed by atoms with E-state index in [0.29, 0.717) is 22.4 Å². The maximum atomic E-state index is 12.6. The van der Waals surface area contributed by atoms with E-state index < -0.39 is 0 Å². The number of aryl methyl sites for hydroxylation is 1. The van der Waals surface area contributed by atoms with Crippen molar-refractivity contribution in [3.05, 3.63) is 81.2 Å². The molecule has 1 aliphatic heterocycles. The molecule has 1 aliphatic rings. The second-order valence-corrected chi connectivity index (χ2v) is 8.57. The number of carbonyl (C=O) groups excluding carboxylic acids is 1. The lowest BCUT2D eigenvalue weighted by molar-refractivity contribution is -0.121. The van der Waals surface area contributed by atoms with Crippen LogP contribution in [0.5, 0.6) is 5.75 Å². The molecule has 3 nitrogen and oxygen atoms in total. The topological polar surface area (TPSA) is 29.5 Å². The largest absolute Gasteiger partial charge is 0.488 e. The van der Waals surface area contributed by atoms with Gasteiger partial charge in [0.05, 0.1) is 4.91 Å². The van der Waals surface area contributed by atoms with E-state index in [1.807, 2.05) is 42.5 Å². The normalized spacial score (nSPS) is 15.5. The lowest BCUT2D eigenvalue weighted by Crippen LogP contribution is -2.27. The number of ether oxygens (including phenoxy) is 1. The van der Waals surface area contributed by atoms with Crippen molar-refractivity contribution >= 4 is 56.2 Å². The van der Waals surface area contributed by atoms with Crippen LogP contribution in [-0.4, -0.2) is 21.7 Å². The molecule has 6 heteroatoms. The smallest absolute Gasteiger partial charge is 0.266 e. The van der Waals surface area contributed by atoms with Gasteiger partial charge in [-0.2, -0.15) is 0 Å². The Bertz CT molecular complexity index is 940. The van der Waals surface area contributed by atoms with Crippen molar-refractivity contribution in [1.82, 2.24) is 4.90 Å². The summed E-state index contributed by atoms with van der Waals surface area (Å²) in [6.07, 6.45) is 3.50. The van der Waals surface area contributed by atoms with Gasteiger partial charge in [-0.1, -0.05) is 70.3 Å². The minimum atomic E-state index is -0.102. The first-order chi connectivity index (χ1) is 13.0. The van der Waals surface area contributed by atoms with Crippen molar-refractivity contribution in [3.8, 4) is 5.75 Å². The lowest BCUT2D eigenvalue weighted by Gasteiger charge is -2.12. The zero-order chi connectivity index (χ0) is 19.4. The number of thiocarbonyl (C=S) groups is 1. The van der Waals surface area contributed by atoms with Crippen LogP contribution in [0.4, 0.5) is 0 Å². The van der Waals surface area contributed by atoms with Gasteiger partial charge in [-0.05, 0) is 42.3 Å². The summed E-state index contributed by atoms with van der Waals surface area (Å²) >= 11 is 10.1. The van der Waals surface area contributed by atoms with Gasteiger partial charge in [-0.15, -0.1) is 6.58 Å². The molecule has 2 aromatic carbocycles. The number of hydrogen-bond donors (Lipinski definition) is 0. The van der Waals surface area contributed by atoms with Gasteiger partial charge in [0, 0.05) is 16.6 Å². The molecule has 0 bridgehead atoms. The third kappa shape index (κ3) is 4.69. The summed E-state index contributed by atoms with van der Waals surface area (Å²) in [7, 11) is 0. The monoisotopic (exact) mass is 459 g/mol. The van der Waals surface area contributed by atoms with E-state index in [-0.39, 0.29) is 5.91 Å². The molecule has 27 heavy (non-hydrogen) atoms. The Morgan fingerprint density at radius 3 is 2.81 bits per heavy atom. The highest BCUT2D eigenvalue weighted by molar-refractivity contribution is 9.10. The molecule has 0 aromatic heterocycles. The standard InChI is InChI=1S/C21H18BrNO2S2/c1-3-10-23-20(24)19(27-21(23)26)12-16-11-17(22)8-9-18(16)25-13-15-7-5-4-6-14(15)2/h3-9,11-12H,1,10,13H2,2H3/b19-12+. The van der Waals surface area contributed by atoms with Crippen molar-refractivity contribution in [2.45, 2.75) is 13.5 Å². The van der Waals surface area contributed by atoms with Crippen LogP contribution in [0.3, 0.4) is 0 Å². The van der Waals surface area contributed by atoms with Crippen LogP contribution in [0.25, 0.3) is 6.08 Å². The fourth-order valence-electron chi connectivity index (χ4n) is 2.62. The van der Waals surface area contributed by atoms with Gasteiger partial charge in [0.2, 0.25) is 0 Å².